The van der Waals surface area contributed by atoms with Crippen LogP contribution in [0.15, 0.2) is 48.5 Å². The molecule has 0 spiro atoms. The van der Waals surface area contributed by atoms with Gasteiger partial charge in [-0.2, -0.15) is 0 Å². The number of carbonyl (C=O) groups is 1. The van der Waals surface area contributed by atoms with Crippen LogP contribution in [0.4, 0.5) is 11.4 Å². The molecule has 6 nitrogen and oxygen atoms in total. The summed E-state index contributed by atoms with van der Waals surface area (Å²) in [5, 5.41) is 6.02. The fourth-order valence-corrected chi connectivity index (χ4v) is 2.97. The smallest absolute Gasteiger partial charge is 0.243 e. The molecule has 2 aromatic rings. The van der Waals surface area contributed by atoms with Crippen LogP contribution < -0.4 is 20.1 Å². The summed E-state index contributed by atoms with van der Waals surface area (Å²) in [7, 11) is 0. The van der Waals surface area contributed by atoms with Crippen LogP contribution in [-0.2, 0) is 9.53 Å². The fourth-order valence-electron chi connectivity index (χ4n) is 2.97. The number of amides is 1. The highest BCUT2D eigenvalue weighted by molar-refractivity contribution is 5.93. The third-order valence-electron chi connectivity index (χ3n) is 4.45. The fraction of sp³-hybridized carbons (Fsp3) is 0.435. The first-order valence-corrected chi connectivity index (χ1v) is 10.2. The topological polar surface area (TPSA) is 68.8 Å². The number of benzene rings is 2. The van der Waals surface area contributed by atoms with Gasteiger partial charge < -0.3 is 24.8 Å². The second-order valence-electron chi connectivity index (χ2n) is 7.61. The number of ether oxygens (including phenoxy) is 3. The van der Waals surface area contributed by atoms with Gasteiger partial charge in [0.1, 0.15) is 18.1 Å². The third-order valence-corrected chi connectivity index (χ3v) is 4.45. The molecule has 0 aromatic heterocycles. The van der Waals surface area contributed by atoms with Crippen molar-refractivity contribution < 1.29 is 19.0 Å². The highest BCUT2D eigenvalue weighted by atomic mass is 16.5. The minimum atomic E-state index is -0.128. The van der Waals surface area contributed by atoms with Crippen LogP contribution in [0, 0.1) is 5.92 Å². The van der Waals surface area contributed by atoms with Gasteiger partial charge in [0.2, 0.25) is 5.91 Å². The van der Waals surface area contributed by atoms with Crippen molar-refractivity contribution in [3.8, 4) is 11.5 Å². The number of hydrogen-bond donors (Lipinski definition) is 2. The van der Waals surface area contributed by atoms with E-state index in [2.05, 4.69) is 24.5 Å². The Morgan fingerprint density at radius 2 is 1.83 bits per heavy atom. The normalized spacial score (nSPS) is 15.9. The van der Waals surface area contributed by atoms with Gasteiger partial charge in [-0.1, -0.05) is 26.0 Å². The lowest BCUT2D eigenvalue weighted by atomic mass is 10.2. The first-order valence-electron chi connectivity index (χ1n) is 10.2. The van der Waals surface area contributed by atoms with Crippen molar-refractivity contribution in [1.29, 1.82) is 0 Å². The third kappa shape index (κ3) is 7.31. The van der Waals surface area contributed by atoms with Crippen molar-refractivity contribution in [3.63, 3.8) is 0 Å². The van der Waals surface area contributed by atoms with E-state index in [4.69, 9.17) is 14.2 Å². The van der Waals surface area contributed by atoms with E-state index >= 15 is 0 Å². The van der Waals surface area contributed by atoms with E-state index in [1.807, 2.05) is 48.5 Å². The number of nitrogens with one attached hydrogen (secondary N) is 2. The minimum Gasteiger partial charge on any atom is -0.493 e. The van der Waals surface area contributed by atoms with Gasteiger partial charge in [0.15, 0.2) is 0 Å². The zero-order chi connectivity index (χ0) is 20.5. The van der Waals surface area contributed by atoms with Crippen molar-refractivity contribution >= 4 is 17.3 Å². The van der Waals surface area contributed by atoms with E-state index in [1.165, 1.54) is 0 Å². The minimum absolute atomic E-state index is 0.128. The molecule has 0 bridgehead atoms. The standard InChI is InChI=1S/C23H30N2O4/c1-17(2)15-28-21-9-4-7-19(13-21)25-23(26)14-24-18-6-3-8-20(12-18)29-16-22-10-5-11-27-22/h3-4,6-9,12-13,17,22,24H,5,10-11,14-16H2,1-2H3,(H,25,26). The van der Waals surface area contributed by atoms with E-state index in [9.17, 15) is 4.79 Å². The van der Waals surface area contributed by atoms with Crippen LogP contribution in [0.1, 0.15) is 26.7 Å². The van der Waals surface area contributed by atoms with Crippen molar-refractivity contribution in [2.75, 3.05) is 37.0 Å². The quantitative estimate of drug-likeness (QED) is 0.623. The Morgan fingerprint density at radius 1 is 1.10 bits per heavy atom. The Kier molecular flexibility index (Phi) is 7.76. The van der Waals surface area contributed by atoms with E-state index < -0.39 is 0 Å². The van der Waals surface area contributed by atoms with Crippen LogP contribution in [0.5, 0.6) is 11.5 Å². The van der Waals surface area contributed by atoms with Crippen molar-refractivity contribution in [3.05, 3.63) is 48.5 Å². The van der Waals surface area contributed by atoms with E-state index in [0.29, 0.717) is 24.8 Å². The summed E-state index contributed by atoms with van der Waals surface area (Å²) in [5.74, 6) is 1.83. The van der Waals surface area contributed by atoms with E-state index in [1.54, 1.807) is 0 Å². The average molecular weight is 399 g/mol. The molecule has 2 aromatic carbocycles. The SMILES string of the molecule is CC(C)COc1cccc(NC(=O)CNc2cccc(OCC3CCCO3)c2)c1. The summed E-state index contributed by atoms with van der Waals surface area (Å²) in [6.07, 6.45) is 2.32. The lowest BCUT2D eigenvalue weighted by Gasteiger charge is -2.13. The molecule has 1 fully saturated rings. The van der Waals surface area contributed by atoms with Gasteiger partial charge in [0.05, 0.1) is 19.3 Å². The monoisotopic (exact) mass is 398 g/mol. The summed E-state index contributed by atoms with van der Waals surface area (Å²) in [6.45, 7) is 6.37. The molecule has 1 atom stereocenters. The molecule has 6 heteroatoms. The van der Waals surface area contributed by atoms with E-state index in [0.717, 1.165) is 36.6 Å². The molecule has 1 heterocycles. The number of anilines is 2. The Morgan fingerprint density at radius 3 is 2.55 bits per heavy atom. The maximum Gasteiger partial charge on any atom is 0.243 e. The lowest BCUT2D eigenvalue weighted by molar-refractivity contribution is -0.114. The van der Waals surface area contributed by atoms with Crippen molar-refractivity contribution in [2.45, 2.75) is 32.8 Å². The molecule has 1 aliphatic heterocycles. The maximum absolute atomic E-state index is 12.3. The Labute approximate surface area is 172 Å². The molecule has 1 amide bonds. The first-order chi connectivity index (χ1) is 14.1. The second kappa shape index (κ2) is 10.7. The zero-order valence-electron chi connectivity index (χ0n) is 17.1. The highest BCUT2D eigenvalue weighted by Gasteiger charge is 2.16. The van der Waals surface area contributed by atoms with Crippen LogP contribution in [0.3, 0.4) is 0 Å². The molecule has 0 radical (unpaired) electrons. The van der Waals surface area contributed by atoms with Crippen LogP contribution >= 0.6 is 0 Å². The molecule has 1 unspecified atom stereocenters. The molecule has 1 aliphatic rings. The number of carbonyl (C=O) groups excluding carboxylic acids is 1. The van der Waals surface area contributed by atoms with Gasteiger partial charge in [-0.3, -0.25) is 4.79 Å². The number of rotatable bonds is 10. The van der Waals surface area contributed by atoms with Crippen molar-refractivity contribution in [2.24, 2.45) is 5.92 Å². The van der Waals surface area contributed by atoms with Crippen LogP contribution in [0.2, 0.25) is 0 Å². The van der Waals surface area contributed by atoms with E-state index in [-0.39, 0.29) is 18.6 Å². The maximum atomic E-state index is 12.3. The highest BCUT2D eigenvalue weighted by Crippen LogP contribution is 2.20. The first kappa shape index (κ1) is 21.0. The molecular formula is C23H30N2O4. The predicted molar refractivity (Wildman–Crippen MR) is 115 cm³/mol. The Balaban J connectivity index is 1.45. The Hall–Kier alpha value is -2.73. The lowest BCUT2D eigenvalue weighted by Crippen LogP contribution is -2.21. The van der Waals surface area contributed by atoms with Gasteiger partial charge in [-0.25, -0.2) is 0 Å². The summed E-state index contributed by atoms with van der Waals surface area (Å²) in [6, 6.07) is 15.0. The van der Waals surface area contributed by atoms with Crippen LogP contribution in [-0.4, -0.2) is 38.4 Å². The second-order valence-corrected chi connectivity index (χ2v) is 7.61. The molecular weight excluding hydrogens is 368 g/mol. The average Bonchev–Trinajstić information content (AvgIpc) is 3.24. The van der Waals surface area contributed by atoms with Crippen molar-refractivity contribution in [1.82, 2.24) is 0 Å². The van der Waals surface area contributed by atoms with Gasteiger partial charge >= 0.3 is 0 Å². The summed E-state index contributed by atoms with van der Waals surface area (Å²) in [4.78, 5) is 12.3. The molecule has 0 saturated carbocycles. The Bertz CT molecular complexity index is 788. The van der Waals surface area contributed by atoms with Gasteiger partial charge in [0, 0.05) is 30.1 Å². The molecule has 2 N–H and O–H groups in total. The van der Waals surface area contributed by atoms with Gasteiger partial charge in [-0.05, 0) is 43.0 Å². The van der Waals surface area contributed by atoms with Gasteiger partial charge in [-0.15, -0.1) is 0 Å². The van der Waals surface area contributed by atoms with Crippen LogP contribution in [0.25, 0.3) is 0 Å². The summed E-state index contributed by atoms with van der Waals surface area (Å²) in [5.41, 5.74) is 1.55. The zero-order valence-corrected chi connectivity index (χ0v) is 17.1. The molecule has 156 valence electrons. The van der Waals surface area contributed by atoms with Gasteiger partial charge in [0.25, 0.3) is 0 Å². The molecule has 0 aliphatic carbocycles. The predicted octanol–water partition coefficient (Wildman–Crippen LogP) is 4.33. The summed E-state index contributed by atoms with van der Waals surface area (Å²) >= 11 is 0. The number of hydrogen-bond acceptors (Lipinski definition) is 5. The molecule has 1 saturated heterocycles. The summed E-state index contributed by atoms with van der Waals surface area (Å²) < 4.78 is 17.1. The molecule has 3 rings (SSSR count). The largest absolute Gasteiger partial charge is 0.493 e. The molecule has 29 heavy (non-hydrogen) atoms.